The zero-order valence-electron chi connectivity index (χ0n) is 27.8. The lowest BCUT2D eigenvalue weighted by atomic mass is 9.98. The third-order valence-corrected chi connectivity index (χ3v) is 10.0. The lowest BCUT2D eigenvalue weighted by Crippen LogP contribution is -2.10. The lowest BCUT2D eigenvalue weighted by Gasteiger charge is -2.27. The average molecular weight is 653 g/mol. The largest absolute Gasteiger partial charge is 0.456 e. The number of hydrogen-bond donors (Lipinski definition) is 1. The van der Waals surface area contributed by atoms with Crippen molar-refractivity contribution in [2.75, 3.05) is 4.90 Å². The number of fused-ring (bicyclic) bond motifs is 6. The van der Waals surface area contributed by atoms with Gasteiger partial charge in [-0.3, -0.25) is 0 Å². The molecule has 3 heteroatoms. The highest BCUT2D eigenvalue weighted by Crippen LogP contribution is 2.44. The molecule has 2 heterocycles. The number of hydrogen-bond acceptors (Lipinski definition) is 2. The summed E-state index contributed by atoms with van der Waals surface area (Å²) in [4.78, 5) is 6.15. The van der Waals surface area contributed by atoms with E-state index in [1.165, 1.54) is 33.0 Å². The number of furan rings is 1. The van der Waals surface area contributed by atoms with E-state index in [0.717, 1.165) is 61.2 Å². The van der Waals surface area contributed by atoms with E-state index < -0.39 is 0 Å². The number of rotatable bonds is 6. The maximum atomic E-state index is 6.22. The quantitative estimate of drug-likeness (QED) is 0.194. The number of H-pyrrole nitrogens is 1. The highest BCUT2D eigenvalue weighted by molar-refractivity contribution is 6.15. The molecule has 0 atom stereocenters. The first kappa shape index (κ1) is 29.1. The van der Waals surface area contributed by atoms with Gasteiger partial charge in [-0.15, -0.1) is 0 Å². The van der Waals surface area contributed by atoms with Crippen LogP contribution in [0.5, 0.6) is 0 Å². The van der Waals surface area contributed by atoms with Crippen molar-refractivity contribution in [3.63, 3.8) is 0 Å². The molecule has 240 valence electrons. The maximum absolute atomic E-state index is 6.22. The molecule has 8 aromatic carbocycles. The summed E-state index contributed by atoms with van der Waals surface area (Å²) < 4.78 is 6.22. The zero-order valence-corrected chi connectivity index (χ0v) is 27.8. The first-order valence-corrected chi connectivity index (χ1v) is 17.3. The third kappa shape index (κ3) is 5.06. The van der Waals surface area contributed by atoms with Crippen molar-refractivity contribution >= 4 is 60.8 Å². The first-order valence-electron chi connectivity index (χ1n) is 17.3. The second-order valence-corrected chi connectivity index (χ2v) is 13.1. The van der Waals surface area contributed by atoms with E-state index in [1.54, 1.807) is 0 Å². The van der Waals surface area contributed by atoms with Crippen LogP contribution < -0.4 is 4.90 Å². The summed E-state index contributed by atoms with van der Waals surface area (Å²) in [6, 6.07) is 67.0. The Kier molecular flexibility index (Phi) is 6.81. The standard InChI is InChI=1S/C48H32N2O/c1-3-11-32(12-4-1)34-19-24-37(25-20-34)50(38-26-21-35(22-27-38)33-13-5-2-6-14-33)39-30-42(48-44(31-39)40-15-7-9-17-45(40)49-48)36-23-28-47-43(29-36)41-16-8-10-18-46(41)51-47/h1-31,49H. The van der Waals surface area contributed by atoms with E-state index in [4.69, 9.17) is 4.42 Å². The van der Waals surface area contributed by atoms with Crippen molar-refractivity contribution in [3.8, 4) is 33.4 Å². The van der Waals surface area contributed by atoms with Gasteiger partial charge in [0.1, 0.15) is 11.2 Å². The minimum Gasteiger partial charge on any atom is -0.456 e. The predicted molar refractivity (Wildman–Crippen MR) is 214 cm³/mol. The fraction of sp³-hybridized carbons (Fsp3) is 0. The Hall–Kier alpha value is -6.84. The number of anilines is 3. The second kappa shape index (κ2) is 11.9. The van der Waals surface area contributed by atoms with Gasteiger partial charge in [0.05, 0.1) is 5.52 Å². The van der Waals surface area contributed by atoms with Gasteiger partial charge in [-0.25, -0.2) is 0 Å². The number of aromatic nitrogens is 1. The van der Waals surface area contributed by atoms with E-state index in [-0.39, 0.29) is 0 Å². The molecule has 0 fully saturated rings. The van der Waals surface area contributed by atoms with Crippen molar-refractivity contribution in [1.82, 2.24) is 4.98 Å². The van der Waals surface area contributed by atoms with Crippen LogP contribution in [-0.4, -0.2) is 4.98 Å². The van der Waals surface area contributed by atoms with Crippen molar-refractivity contribution in [3.05, 3.63) is 188 Å². The molecular weight excluding hydrogens is 621 g/mol. The molecule has 0 saturated carbocycles. The van der Waals surface area contributed by atoms with Crippen molar-refractivity contribution in [2.24, 2.45) is 0 Å². The number of aromatic amines is 1. The normalized spacial score (nSPS) is 11.5. The molecule has 10 aromatic rings. The second-order valence-electron chi connectivity index (χ2n) is 13.1. The van der Waals surface area contributed by atoms with Gasteiger partial charge in [0.15, 0.2) is 0 Å². The Balaban J connectivity index is 1.20. The minimum atomic E-state index is 0.891. The molecule has 0 aliphatic heterocycles. The topological polar surface area (TPSA) is 32.2 Å². The van der Waals surface area contributed by atoms with Crippen LogP contribution in [0.25, 0.3) is 77.1 Å². The van der Waals surface area contributed by atoms with Crippen LogP contribution in [0.4, 0.5) is 17.1 Å². The highest BCUT2D eigenvalue weighted by Gasteiger charge is 2.19. The van der Waals surface area contributed by atoms with Crippen LogP contribution in [0.2, 0.25) is 0 Å². The minimum absolute atomic E-state index is 0.891. The van der Waals surface area contributed by atoms with Gasteiger partial charge < -0.3 is 14.3 Å². The van der Waals surface area contributed by atoms with Crippen molar-refractivity contribution in [2.45, 2.75) is 0 Å². The molecule has 2 aromatic heterocycles. The molecule has 51 heavy (non-hydrogen) atoms. The molecule has 0 aliphatic rings. The van der Waals surface area contributed by atoms with Gasteiger partial charge in [0, 0.05) is 49.7 Å². The molecule has 0 amide bonds. The van der Waals surface area contributed by atoms with Gasteiger partial charge in [0.25, 0.3) is 0 Å². The number of nitrogens with one attached hydrogen (secondary N) is 1. The summed E-state index contributed by atoms with van der Waals surface area (Å²) in [5.74, 6) is 0. The average Bonchev–Trinajstić information content (AvgIpc) is 3.77. The van der Waals surface area contributed by atoms with Gasteiger partial charge >= 0.3 is 0 Å². The molecule has 0 spiro atoms. The summed E-state index contributed by atoms with van der Waals surface area (Å²) in [5.41, 5.74) is 14.3. The van der Waals surface area contributed by atoms with Crippen LogP contribution in [-0.2, 0) is 0 Å². The van der Waals surface area contributed by atoms with Crippen LogP contribution in [0, 0.1) is 0 Å². The zero-order chi connectivity index (χ0) is 33.7. The Morgan fingerprint density at radius 2 is 0.882 bits per heavy atom. The summed E-state index contributed by atoms with van der Waals surface area (Å²) >= 11 is 0. The van der Waals surface area contributed by atoms with Crippen LogP contribution >= 0.6 is 0 Å². The SMILES string of the molecule is c1ccc(-c2ccc(N(c3ccc(-c4ccccc4)cc3)c3cc(-c4ccc5oc6ccccc6c5c4)c4[nH]c5ccccc5c4c3)cc2)cc1. The third-order valence-electron chi connectivity index (χ3n) is 10.0. The van der Waals surface area contributed by atoms with Gasteiger partial charge in [-0.2, -0.15) is 0 Å². The molecule has 0 bridgehead atoms. The number of nitrogens with zero attached hydrogens (tertiary/aromatic N) is 1. The molecule has 0 radical (unpaired) electrons. The summed E-state index contributed by atoms with van der Waals surface area (Å²) in [5, 5.41) is 4.62. The predicted octanol–water partition coefficient (Wildman–Crippen LogP) is 13.7. The first-order chi connectivity index (χ1) is 25.3. The Morgan fingerprint density at radius 3 is 1.55 bits per heavy atom. The Morgan fingerprint density at radius 1 is 0.353 bits per heavy atom. The molecule has 1 N–H and O–H groups in total. The van der Waals surface area contributed by atoms with Crippen molar-refractivity contribution in [1.29, 1.82) is 0 Å². The highest BCUT2D eigenvalue weighted by atomic mass is 16.3. The lowest BCUT2D eigenvalue weighted by molar-refractivity contribution is 0.669. The Labute approximate surface area is 295 Å². The monoisotopic (exact) mass is 652 g/mol. The number of benzene rings is 8. The smallest absolute Gasteiger partial charge is 0.135 e. The Bertz CT molecular complexity index is 2750. The number of para-hydroxylation sites is 2. The molecule has 10 rings (SSSR count). The molecule has 0 unspecified atom stereocenters. The van der Waals surface area contributed by atoms with Crippen LogP contribution in [0.3, 0.4) is 0 Å². The van der Waals surface area contributed by atoms with Crippen molar-refractivity contribution < 1.29 is 4.42 Å². The molecular formula is C48H32N2O. The molecule has 0 aliphatic carbocycles. The fourth-order valence-electron chi connectivity index (χ4n) is 7.50. The van der Waals surface area contributed by atoms with Gasteiger partial charge in [-0.1, -0.05) is 127 Å². The molecule has 3 nitrogen and oxygen atoms in total. The fourth-order valence-corrected chi connectivity index (χ4v) is 7.50. The van der Waals surface area contributed by atoms with Gasteiger partial charge in [-0.05, 0) is 88.5 Å². The van der Waals surface area contributed by atoms with E-state index in [0.29, 0.717) is 0 Å². The summed E-state index contributed by atoms with van der Waals surface area (Å²) in [6.07, 6.45) is 0. The summed E-state index contributed by atoms with van der Waals surface area (Å²) in [6.45, 7) is 0. The van der Waals surface area contributed by atoms with Crippen LogP contribution in [0.15, 0.2) is 192 Å². The van der Waals surface area contributed by atoms with E-state index in [1.807, 2.05) is 12.1 Å². The summed E-state index contributed by atoms with van der Waals surface area (Å²) in [7, 11) is 0. The molecule has 0 saturated heterocycles. The maximum Gasteiger partial charge on any atom is 0.135 e. The van der Waals surface area contributed by atoms with E-state index in [2.05, 4.69) is 186 Å². The van der Waals surface area contributed by atoms with E-state index >= 15 is 0 Å². The van der Waals surface area contributed by atoms with E-state index in [9.17, 15) is 0 Å². The van der Waals surface area contributed by atoms with Gasteiger partial charge in [0.2, 0.25) is 0 Å². The van der Waals surface area contributed by atoms with Crippen LogP contribution in [0.1, 0.15) is 0 Å².